The summed E-state index contributed by atoms with van der Waals surface area (Å²) in [5, 5.41) is 13.5. The number of aromatic nitrogens is 1. The number of rotatable bonds is 7. The van der Waals surface area contributed by atoms with Crippen molar-refractivity contribution >= 4 is 51.9 Å². The molecule has 1 aliphatic rings. The van der Waals surface area contributed by atoms with Crippen molar-refractivity contribution in [1.82, 2.24) is 9.88 Å². The number of esters is 1. The number of nitrogens with zero attached hydrogens (tertiary/aromatic N) is 3. The Hall–Kier alpha value is -3.61. The highest BCUT2D eigenvalue weighted by Gasteiger charge is 2.32. The Morgan fingerprint density at radius 1 is 1.29 bits per heavy atom. The molecule has 1 fully saturated rings. The van der Waals surface area contributed by atoms with Crippen molar-refractivity contribution in [3.8, 4) is 17.2 Å². The van der Waals surface area contributed by atoms with Gasteiger partial charge in [0.1, 0.15) is 16.7 Å². The maximum Gasteiger partial charge on any atom is 0.410 e. The number of fused-ring (bicyclic) bond motifs is 1. The number of amides is 1. The van der Waals surface area contributed by atoms with Gasteiger partial charge in [0.15, 0.2) is 5.82 Å². The monoisotopic (exact) mass is 614 g/mol. The second kappa shape index (κ2) is 12.7. The lowest BCUT2D eigenvalue weighted by Gasteiger charge is -2.25. The van der Waals surface area contributed by atoms with Crippen molar-refractivity contribution in [3.63, 3.8) is 0 Å². The molecule has 2 aromatic carbocycles. The summed E-state index contributed by atoms with van der Waals surface area (Å²) < 4.78 is 27.5. The highest BCUT2D eigenvalue weighted by molar-refractivity contribution is 6.43. The molecule has 0 radical (unpaired) electrons. The van der Waals surface area contributed by atoms with E-state index >= 15 is 4.39 Å². The SMILES string of the molecule is CCOC(=O)c1c(C)nc2c(F)c(-c3cccc(Cl)c3Cl)c(CCC#N)cc2c1NC1CCN(C(=O)OC(C)(C)C)C1. The second-order valence-corrected chi connectivity index (χ2v) is 11.9. The molecule has 8 nitrogen and oxygen atoms in total. The van der Waals surface area contributed by atoms with Crippen LogP contribution in [-0.2, 0) is 15.9 Å². The Labute approximate surface area is 254 Å². The first-order valence-electron chi connectivity index (χ1n) is 13.7. The first-order chi connectivity index (χ1) is 19.9. The van der Waals surface area contributed by atoms with Crippen LogP contribution in [0.1, 0.15) is 62.2 Å². The summed E-state index contributed by atoms with van der Waals surface area (Å²) in [5.41, 5.74) is 1.28. The van der Waals surface area contributed by atoms with Gasteiger partial charge in [-0.3, -0.25) is 0 Å². The summed E-state index contributed by atoms with van der Waals surface area (Å²) in [4.78, 5) is 32.0. The molecule has 42 heavy (non-hydrogen) atoms. The van der Waals surface area contributed by atoms with Crippen LogP contribution in [0.4, 0.5) is 14.9 Å². The highest BCUT2D eigenvalue weighted by Crippen LogP contribution is 2.42. The van der Waals surface area contributed by atoms with Crippen molar-refractivity contribution in [3.05, 3.63) is 56.9 Å². The van der Waals surface area contributed by atoms with E-state index < -0.39 is 23.5 Å². The third kappa shape index (κ3) is 6.55. The number of nitriles is 1. The minimum absolute atomic E-state index is 0.0248. The highest BCUT2D eigenvalue weighted by atomic mass is 35.5. The van der Waals surface area contributed by atoms with Crippen LogP contribution in [0.5, 0.6) is 0 Å². The second-order valence-electron chi connectivity index (χ2n) is 11.1. The maximum absolute atomic E-state index is 16.6. The van der Waals surface area contributed by atoms with Gasteiger partial charge >= 0.3 is 12.1 Å². The molecule has 1 amide bonds. The van der Waals surface area contributed by atoms with E-state index in [0.29, 0.717) is 41.7 Å². The molecule has 11 heteroatoms. The molecule has 0 aliphatic carbocycles. The molecule has 0 spiro atoms. The number of pyridine rings is 1. The van der Waals surface area contributed by atoms with Crippen molar-refractivity contribution in [2.24, 2.45) is 0 Å². The van der Waals surface area contributed by atoms with Crippen LogP contribution in [0.2, 0.25) is 10.0 Å². The Morgan fingerprint density at radius 2 is 2.02 bits per heavy atom. The van der Waals surface area contributed by atoms with E-state index in [2.05, 4.69) is 16.4 Å². The summed E-state index contributed by atoms with van der Waals surface area (Å²) in [5.74, 6) is -1.25. The summed E-state index contributed by atoms with van der Waals surface area (Å²) in [6.07, 6.45) is 0.487. The van der Waals surface area contributed by atoms with E-state index in [1.54, 1.807) is 63.8 Å². The summed E-state index contributed by atoms with van der Waals surface area (Å²) in [6, 6.07) is 8.54. The van der Waals surface area contributed by atoms with Crippen molar-refractivity contribution in [2.75, 3.05) is 25.0 Å². The molecule has 1 aliphatic heterocycles. The molecule has 1 unspecified atom stereocenters. The number of hydrogen-bond acceptors (Lipinski definition) is 7. The van der Waals surface area contributed by atoms with Crippen LogP contribution in [-0.4, -0.2) is 53.3 Å². The Morgan fingerprint density at radius 3 is 2.69 bits per heavy atom. The topological polar surface area (TPSA) is 105 Å². The number of hydrogen-bond donors (Lipinski definition) is 1. The van der Waals surface area contributed by atoms with Crippen LogP contribution in [0.3, 0.4) is 0 Å². The van der Waals surface area contributed by atoms with Gasteiger partial charge in [-0.1, -0.05) is 35.3 Å². The van der Waals surface area contributed by atoms with Crippen LogP contribution in [0.25, 0.3) is 22.0 Å². The first kappa shape index (κ1) is 31.3. The molecule has 2 heterocycles. The van der Waals surface area contributed by atoms with Crippen LogP contribution in [0, 0.1) is 24.1 Å². The number of likely N-dealkylation sites (tertiary alicyclic amines) is 1. The molecule has 0 saturated carbocycles. The molecule has 1 atom stereocenters. The fraction of sp³-hybridized carbons (Fsp3) is 0.419. The van der Waals surface area contributed by atoms with E-state index in [-0.39, 0.29) is 57.9 Å². The predicted molar refractivity (Wildman–Crippen MR) is 162 cm³/mol. The predicted octanol–water partition coefficient (Wildman–Crippen LogP) is 7.71. The number of ether oxygens (including phenoxy) is 2. The summed E-state index contributed by atoms with van der Waals surface area (Å²) in [7, 11) is 0. The molecule has 0 bridgehead atoms. The zero-order chi connectivity index (χ0) is 30.8. The lowest BCUT2D eigenvalue weighted by molar-refractivity contribution is 0.0293. The lowest BCUT2D eigenvalue weighted by atomic mass is 9.92. The van der Waals surface area contributed by atoms with Gasteiger partial charge in [0.2, 0.25) is 0 Å². The Kier molecular flexibility index (Phi) is 9.49. The van der Waals surface area contributed by atoms with E-state index in [0.717, 1.165) is 0 Å². The van der Waals surface area contributed by atoms with Crippen molar-refractivity contribution < 1.29 is 23.5 Å². The number of nitrogens with one attached hydrogen (secondary N) is 1. The van der Waals surface area contributed by atoms with Gasteiger partial charge in [-0.25, -0.2) is 19.0 Å². The van der Waals surface area contributed by atoms with Crippen LogP contribution in [0.15, 0.2) is 24.3 Å². The van der Waals surface area contributed by atoms with Gasteiger partial charge in [-0.15, -0.1) is 0 Å². The summed E-state index contributed by atoms with van der Waals surface area (Å²) >= 11 is 12.8. The number of benzene rings is 2. The number of aryl methyl sites for hydroxylation is 2. The van der Waals surface area contributed by atoms with E-state index in [1.165, 1.54) is 0 Å². The molecular formula is C31H33Cl2FN4O4. The van der Waals surface area contributed by atoms with Gasteiger partial charge in [-0.2, -0.15) is 5.26 Å². The lowest BCUT2D eigenvalue weighted by Crippen LogP contribution is -2.36. The molecule has 4 rings (SSSR count). The van der Waals surface area contributed by atoms with Crippen LogP contribution >= 0.6 is 23.2 Å². The molecule has 3 aromatic rings. The third-order valence-corrected chi connectivity index (χ3v) is 7.70. The first-order valence-corrected chi connectivity index (χ1v) is 14.5. The number of carbonyl (C=O) groups excluding carboxylic acids is 2. The zero-order valence-electron chi connectivity index (χ0n) is 24.2. The van der Waals surface area contributed by atoms with Gasteiger partial charge in [0, 0.05) is 42.1 Å². The smallest absolute Gasteiger partial charge is 0.410 e. The fourth-order valence-electron chi connectivity index (χ4n) is 5.08. The molecular weight excluding hydrogens is 582 g/mol. The minimum Gasteiger partial charge on any atom is -0.462 e. The van der Waals surface area contributed by atoms with Crippen molar-refractivity contribution in [1.29, 1.82) is 5.26 Å². The van der Waals surface area contributed by atoms with E-state index in [1.807, 2.05) is 0 Å². The number of halogens is 3. The molecule has 222 valence electrons. The average molecular weight is 616 g/mol. The van der Waals surface area contributed by atoms with Gasteiger partial charge in [-0.05, 0) is 65.2 Å². The molecule has 1 saturated heterocycles. The van der Waals surface area contributed by atoms with Gasteiger partial charge in [0.25, 0.3) is 0 Å². The van der Waals surface area contributed by atoms with Crippen LogP contribution < -0.4 is 5.32 Å². The molecule has 1 N–H and O–H groups in total. The standard InChI is InChI=1S/C31H33Cl2FN4O4/c1-6-41-29(39)23-17(2)36-28-21(27(23)37-19-12-14-38(16-19)30(40)42-31(3,4)5)15-18(9-8-13-35)24(26(28)34)20-10-7-11-22(32)25(20)33/h7,10-11,15,19H,6,8-9,12,14,16H2,1-5H3,(H,36,37). The van der Waals surface area contributed by atoms with E-state index in [9.17, 15) is 14.9 Å². The van der Waals surface area contributed by atoms with Gasteiger partial charge in [0.05, 0.1) is 34.1 Å². The minimum atomic E-state index is -0.645. The largest absolute Gasteiger partial charge is 0.462 e. The number of anilines is 1. The van der Waals surface area contributed by atoms with E-state index in [4.69, 9.17) is 32.7 Å². The maximum atomic E-state index is 16.6. The summed E-state index contributed by atoms with van der Waals surface area (Å²) in [6.45, 7) is 9.63. The fourth-order valence-corrected chi connectivity index (χ4v) is 5.48. The van der Waals surface area contributed by atoms with Crippen molar-refractivity contribution in [2.45, 2.75) is 65.5 Å². The zero-order valence-corrected chi connectivity index (χ0v) is 25.7. The normalized spacial score (nSPS) is 15.0. The Bertz CT molecular complexity index is 1580. The Balaban J connectivity index is 1.90. The third-order valence-electron chi connectivity index (χ3n) is 6.88. The molecule has 1 aromatic heterocycles. The quantitative estimate of drug-likeness (QED) is 0.272. The average Bonchev–Trinajstić information content (AvgIpc) is 3.38. The van der Waals surface area contributed by atoms with Gasteiger partial charge < -0.3 is 19.7 Å². The number of carbonyl (C=O) groups is 2.